The third kappa shape index (κ3) is 4.35. The van der Waals surface area contributed by atoms with Gasteiger partial charge in [0.15, 0.2) is 0 Å². The van der Waals surface area contributed by atoms with E-state index in [2.05, 4.69) is 0 Å². The Morgan fingerprint density at radius 2 is 1.83 bits per heavy atom. The van der Waals surface area contributed by atoms with Crippen molar-refractivity contribution in [2.75, 3.05) is 7.11 Å². The number of rotatable bonds is 5. The summed E-state index contributed by atoms with van der Waals surface area (Å²) in [7, 11) is 1.63. The Labute approximate surface area is 143 Å². The zero-order chi connectivity index (χ0) is 17.7. The summed E-state index contributed by atoms with van der Waals surface area (Å²) in [6, 6.07) is 7.64. The molecule has 2 rings (SSSR count). The zero-order valence-electron chi connectivity index (χ0n) is 14.8. The highest BCUT2D eigenvalue weighted by atomic mass is 16.5. The van der Waals surface area contributed by atoms with Crippen molar-refractivity contribution in [3.05, 3.63) is 29.8 Å². The standard InChI is InChI=1S/C19H26O5/c1-5-17-13(3)18(10-16(20)12(2)19(21)24-17)23-11-14-6-8-15(22-4)9-7-14/h6-9,12-13,17-18H,5,10-11H2,1-4H3/t12?,13-,17+,18-/m0/s1. The molecule has 0 aliphatic carbocycles. The van der Waals surface area contributed by atoms with Crippen LogP contribution < -0.4 is 4.74 Å². The molecule has 1 unspecified atom stereocenters. The molecule has 0 radical (unpaired) electrons. The lowest BCUT2D eigenvalue weighted by atomic mass is 9.88. The first-order valence-corrected chi connectivity index (χ1v) is 8.44. The van der Waals surface area contributed by atoms with E-state index in [0.29, 0.717) is 13.0 Å². The van der Waals surface area contributed by atoms with Gasteiger partial charge in [-0.15, -0.1) is 0 Å². The van der Waals surface area contributed by atoms with E-state index in [0.717, 1.165) is 11.3 Å². The number of benzene rings is 1. The van der Waals surface area contributed by atoms with Crippen LogP contribution in [0.15, 0.2) is 24.3 Å². The van der Waals surface area contributed by atoms with Crippen molar-refractivity contribution in [1.29, 1.82) is 0 Å². The van der Waals surface area contributed by atoms with Crippen molar-refractivity contribution in [1.82, 2.24) is 0 Å². The lowest BCUT2D eigenvalue weighted by Crippen LogP contribution is -2.42. The normalized spacial score (nSPS) is 28.0. The van der Waals surface area contributed by atoms with Crippen molar-refractivity contribution in [3.8, 4) is 5.75 Å². The summed E-state index contributed by atoms with van der Waals surface area (Å²) in [5.41, 5.74) is 1.01. The molecule has 132 valence electrons. The number of Topliss-reactive ketones (excluding diaryl/α,β-unsaturated/α-hetero) is 1. The summed E-state index contributed by atoms with van der Waals surface area (Å²) in [6.45, 7) is 5.96. The molecule has 5 nitrogen and oxygen atoms in total. The van der Waals surface area contributed by atoms with Crippen LogP contribution in [-0.4, -0.2) is 31.1 Å². The minimum absolute atomic E-state index is 0.0337. The van der Waals surface area contributed by atoms with E-state index in [1.165, 1.54) is 0 Å². The van der Waals surface area contributed by atoms with Crippen molar-refractivity contribution >= 4 is 11.8 Å². The van der Waals surface area contributed by atoms with Gasteiger partial charge in [-0.25, -0.2) is 0 Å². The number of carbonyl (C=O) groups excluding carboxylic acids is 2. The van der Waals surface area contributed by atoms with Crippen LogP contribution in [0.2, 0.25) is 0 Å². The molecule has 0 N–H and O–H groups in total. The molecule has 1 aromatic rings. The fraction of sp³-hybridized carbons (Fsp3) is 0.579. The number of ether oxygens (including phenoxy) is 3. The van der Waals surface area contributed by atoms with E-state index in [-0.39, 0.29) is 30.3 Å². The van der Waals surface area contributed by atoms with Gasteiger partial charge in [0, 0.05) is 12.3 Å². The van der Waals surface area contributed by atoms with E-state index in [1.54, 1.807) is 14.0 Å². The van der Waals surface area contributed by atoms with Crippen LogP contribution in [0.25, 0.3) is 0 Å². The van der Waals surface area contributed by atoms with Gasteiger partial charge < -0.3 is 14.2 Å². The molecule has 5 heteroatoms. The fourth-order valence-corrected chi connectivity index (χ4v) is 2.88. The van der Waals surface area contributed by atoms with Crippen LogP contribution in [0.1, 0.15) is 39.2 Å². The van der Waals surface area contributed by atoms with Gasteiger partial charge in [0.2, 0.25) is 0 Å². The maximum absolute atomic E-state index is 12.2. The topological polar surface area (TPSA) is 61.8 Å². The molecule has 0 amide bonds. The minimum atomic E-state index is -0.723. The van der Waals surface area contributed by atoms with Gasteiger partial charge in [0.1, 0.15) is 23.6 Å². The Kier molecular flexibility index (Phi) is 6.37. The monoisotopic (exact) mass is 334 g/mol. The predicted octanol–water partition coefficient (Wildman–Crippen LogP) is 3.15. The summed E-state index contributed by atoms with van der Waals surface area (Å²) >= 11 is 0. The van der Waals surface area contributed by atoms with Crippen LogP contribution in [0.3, 0.4) is 0 Å². The maximum Gasteiger partial charge on any atom is 0.316 e. The Balaban J connectivity index is 2.07. The van der Waals surface area contributed by atoms with Crippen molar-refractivity contribution < 1.29 is 23.8 Å². The molecular weight excluding hydrogens is 308 g/mol. The summed E-state index contributed by atoms with van der Waals surface area (Å²) in [5.74, 6) is -0.513. The lowest BCUT2D eigenvalue weighted by Gasteiger charge is -2.33. The fourth-order valence-electron chi connectivity index (χ4n) is 2.88. The minimum Gasteiger partial charge on any atom is -0.497 e. The van der Waals surface area contributed by atoms with Crippen LogP contribution in [0, 0.1) is 11.8 Å². The first kappa shape index (κ1) is 18.5. The van der Waals surface area contributed by atoms with Crippen LogP contribution in [0.4, 0.5) is 0 Å². The number of methoxy groups -OCH3 is 1. The number of carbonyl (C=O) groups is 2. The van der Waals surface area contributed by atoms with Crippen LogP contribution >= 0.6 is 0 Å². The van der Waals surface area contributed by atoms with E-state index in [9.17, 15) is 9.59 Å². The first-order chi connectivity index (χ1) is 11.5. The number of esters is 1. The highest BCUT2D eigenvalue weighted by Gasteiger charge is 2.37. The van der Waals surface area contributed by atoms with Gasteiger partial charge in [-0.2, -0.15) is 0 Å². The SMILES string of the molecule is CC[C@H]1OC(=O)C(C)C(=O)C[C@H](OCc2ccc(OC)cc2)[C@H]1C. The summed E-state index contributed by atoms with van der Waals surface area (Å²) in [4.78, 5) is 24.2. The quantitative estimate of drug-likeness (QED) is 0.611. The Morgan fingerprint density at radius 1 is 1.17 bits per heavy atom. The maximum atomic E-state index is 12.2. The lowest BCUT2D eigenvalue weighted by molar-refractivity contribution is -0.167. The molecule has 0 aromatic heterocycles. The number of hydrogen-bond donors (Lipinski definition) is 0. The molecule has 4 atom stereocenters. The molecule has 1 saturated heterocycles. The largest absolute Gasteiger partial charge is 0.497 e. The highest BCUT2D eigenvalue weighted by Crippen LogP contribution is 2.27. The third-order valence-electron chi connectivity index (χ3n) is 4.70. The number of cyclic esters (lactones) is 1. The van der Waals surface area contributed by atoms with E-state index < -0.39 is 11.9 Å². The van der Waals surface area contributed by atoms with Crippen molar-refractivity contribution in [2.24, 2.45) is 11.8 Å². The van der Waals surface area contributed by atoms with E-state index in [4.69, 9.17) is 14.2 Å². The Hall–Kier alpha value is -1.88. The summed E-state index contributed by atoms with van der Waals surface area (Å²) in [6.07, 6.45) is 0.453. The predicted molar refractivity (Wildman–Crippen MR) is 89.7 cm³/mol. The van der Waals surface area contributed by atoms with Crippen LogP contribution in [-0.2, 0) is 25.7 Å². The number of hydrogen-bond acceptors (Lipinski definition) is 5. The van der Waals surface area contributed by atoms with Gasteiger partial charge in [-0.05, 0) is 31.0 Å². The second-order valence-electron chi connectivity index (χ2n) is 6.33. The molecule has 1 heterocycles. The molecule has 0 spiro atoms. The van der Waals surface area contributed by atoms with Crippen LogP contribution in [0.5, 0.6) is 5.75 Å². The van der Waals surface area contributed by atoms with Crippen molar-refractivity contribution in [2.45, 2.75) is 52.4 Å². The Morgan fingerprint density at radius 3 is 2.42 bits per heavy atom. The van der Waals surface area contributed by atoms with E-state index >= 15 is 0 Å². The second-order valence-corrected chi connectivity index (χ2v) is 6.33. The molecule has 0 saturated carbocycles. The molecule has 1 aliphatic rings. The molecule has 1 aliphatic heterocycles. The molecule has 24 heavy (non-hydrogen) atoms. The highest BCUT2D eigenvalue weighted by molar-refractivity contribution is 5.99. The van der Waals surface area contributed by atoms with Gasteiger partial charge in [0.25, 0.3) is 0 Å². The van der Waals surface area contributed by atoms with Gasteiger partial charge >= 0.3 is 5.97 Å². The van der Waals surface area contributed by atoms with Gasteiger partial charge in [0.05, 0.1) is 19.8 Å². The number of ketones is 1. The zero-order valence-corrected chi connectivity index (χ0v) is 14.8. The molecule has 0 bridgehead atoms. The van der Waals surface area contributed by atoms with Gasteiger partial charge in [-0.3, -0.25) is 9.59 Å². The molecule has 1 aromatic carbocycles. The first-order valence-electron chi connectivity index (χ1n) is 8.44. The summed E-state index contributed by atoms with van der Waals surface area (Å²) in [5, 5.41) is 0. The van der Waals surface area contributed by atoms with Crippen molar-refractivity contribution in [3.63, 3.8) is 0 Å². The average Bonchev–Trinajstić information content (AvgIpc) is 2.61. The van der Waals surface area contributed by atoms with E-state index in [1.807, 2.05) is 38.1 Å². The summed E-state index contributed by atoms with van der Waals surface area (Å²) < 4.78 is 16.7. The average molecular weight is 334 g/mol. The second kappa shape index (κ2) is 8.29. The molecular formula is C19H26O5. The molecule has 1 fully saturated rings. The van der Waals surface area contributed by atoms with Gasteiger partial charge in [-0.1, -0.05) is 26.0 Å². The smallest absolute Gasteiger partial charge is 0.316 e. The third-order valence-corrected chi connectivity index (χ3v) is 4.70. The Bertz CT molecular complexity index is 566.